The van der Waals surface area contributed by atoms with Crippen LogP contribution in [0.1, 0.15) is 23.1 Å². The number of hydrogen-bond donors (Lipinski definition) is 2. The maximum Gasteiger partial charge on any atom is 0.274 e. The maximum atomic E-state index is 12.5. The van der Waals surface area contributed by atoms with Gasteiger partial charge in [-0.15, -0.1) is 0 Å². The molecule has 1 aromatic heterocycles. The van der Waals surface area contributed by atoms with Crippen LogP contribution < -0.4 is 0 Å². The van der Waals surface area contributed by atoms with Crippen molar-refractivity contribution < 1.29 is 15.0 Å². The predicted molar refractivity (Wildman–Crippen MR) is 87.5 cm³/mol. The van der Waals surface area contributed by atoms with Crippen molar-refractivity contribution >= 4 is 5.91 Å². The normalized spacial score (nSPS) is 11.5. The van der Waals surface area contributed by atoms with Gasteiger partial charge < -0.3 is 15.1 Å². The molecule has 0 saturated heterocycles. The molecule has 0 aliphatic heterocycles. The first-order valence-electron chi connectivity index (χ1n) is 7.49. The van der Waals surface area contributed by atoms with Crippen molar-refractivity contribution in [1.29, 1.82) is 0 Å². The third kappa shape index (κ3) is 3.78. The molecule has 2 N–H and O–H groups in total. The van der Waals surface area contributed by atoms with Gasteiger partial charge in [0.25, 0.3) is 5.91 Å². The molecule has 124 valence electrons. The summed E-state index contributed by atoms with van der Waals surface area (Å²) in [6.45, 7) is 3.47. The molecule has 23 heavy (non-hydrogen) atoms. The number of nitrogens with zero attached hydrogens (tertiary/aromatic N) is 3. The summed E-state index contributed by atoms with van der Waals surface area (Å²) < 4.78 is 1.72. The van der Waals surface area contributed by atoms with Crippen molar-refractivity contribution in [1.82, 2.24) is 14.7 Å². The molecule has 1 amide bonds. The monoisotopic (exact) mass is 317 g/mol. The van der Waals surface area contributed by atoms with Crippen LogP contribution in [0, 0.1) is 12.3 Å². The Morgan fingerprint density at radius 3 is 2.43 bits per heavy atom. The van der Waals surface area contributed by atoms with E-state index in [4.69, 9.17) is 0 Å². The Morgan fingerprint density at radius 2 is 1.87 bits per heavy atom. The summed E-state index contributed by atoms with van der Waals surface area (Å²) in [5.74, 6) is -0.240. The van der Waals surface area contributed by atoms with E-state index < -0.39 is 5.41 Å². The van der Waals surface area contributed by atoms with Gasteiger partial charge in [0.1, 0.15) is 0 Å². The van der Waals surface area contributed by atoms with Crippen molar-refractivity contribution in [2.24, 2.45) is 5.41 Å². The Hall–Kier alpha value is -2.18. The van der Waals surface area contributed by atoms with Crippen LogP contribution in [0.2, 0.25) is 0 Å². The van der Waals surface area contributed by atoms with Gasteiger partial charge >= 0.3 is 0 Å². The summed E-state index contributed by atoms with van der Waals surface area (Å²) >= 11 is 0. The average Bonchev–Trinajstić information content (AvgIpc) is 2.96. The molecule has 0 spiro atoms. The fourth-order valence-electron chi connectivity index (χ4n) is 2.40. The largest absolute Gasteiger partial charge is 0.396 e. The second-order valence-corrected chi connectivity index (χ2v) is 6.21. The Labute approximate surface area is 136 Å². The predicted octanol–water partition coefficient (Wildman–Crippen LogP) is 1.24. The molecule has 6 nitrogen and oxygen atoms in total. The van der Waals surface area contributed by atoms with E-state index in [9.17, 15) is 15.0 Å². The van der Waals surface area contributed by atoms with Crippen LogP contribution >= 0.6 is 0 Å². The molecule has 0 saturated carbocycles. The van der Waals surface area contributed by atoms with Crippen LogP contribution in [0.3, 0.4) is 0 Å². The van der Waals surface area contributed by atoms with Gasteiger partial charge in [-0.3, -0.25) is 4.79 Å². The van der Waals surface area contributed by atoms with Gasteiger partial charge in [-0.1, -0.05) is 25.1 Å². The minimum absolute atomic E-state index is 0.196. The number of rotatable bonds is 6. The lowest BCUT2D eigenvalue weighted by Crippen LogP contribution is -2.41. The van der Waals surface area contributed by atoms with Crippen LogP contribution in [-0.4, -0.2) is 57.6 Å². The van der Waals surface area contributed by atoms with E-state index >= 15 is 0 Å². The Balaban J connectivity index is 2.21. The minimum atomic E-state index is -0.735. The lowest BCUT2D eigenvalue weighted by atomic mass is 9.92. The number of aryl methyl sites for hydroxylation is 1. The van der Waals surface area contributed by atoms with Crippen LogP contribution in [0.4, 0.5) is 0 Å². The molecule has 0 fully saturated rings. The molecule has 1 aromatic carbocycles. The summed E-state index contributed by atoms with van der Waals surface area (Å²) in [6, 6.07) is 11.3. The number of aromatic nitrogens is 2. The standard InChI is InChI=1S/C17H23N3O3/c1-13-9-15(18-20(13)14-7-5-4-6-8-14)16(23)19(3)10-17(2,11-21)12-22/h4-9,21-22H,10-12H2,1-3H3. The van der Waals surface area contributed by atoms with Gasteiger partial charge in [0.2, 0.25) is 0 Å². The van der Waals surface area contributed by atoms with E-state index in [2.05, 4.69) is 5.10 Å². The third-order valence-corrected chi connectivity index (χ3v) is 3.84. The highest BCUT2D eigenvalue weighted by atomic mass is 16.3. The number of carbonyl (C=O) groups is 1. The van der Waals surface area contributed by atoms with Gasteiger partial charge in [0.15, 0.2) is 5.69 Å². The van der Waals surface area contributed by atoms with Crippen molar-refractivity contribution in [2.45, 2.75) is 13.8 Å². The Kier molecular flexibility index (Phi) is 5.18. The van der Waals surface area contributed by atoms with E-state index in [0.29, 0.717) is 5.69 Å². The molecular weight excluding hydrogens is 294 g/mol. The number of aliphatic hydroxyl groups excluding tert-OH is 2. The second-order valence-electron chi connectivity index (χ2n) is 6.21. The molecule has 0 bridgehead atoms. The number of carbonyl (C=O) groups excluding carboxylic acids is 1. The Bertz CT molecular complexity index is 663. The summed E-state index contributed by atoms with van der Waals surface area (Å²) in [5, 5.41) is 23.1. The van der Waals surface area contributed by atoms with E-state index in [0.717, 1.165) is 11.4 Å². The van der Waals surface area contributed by atoms with E-state index in [1.165, 1.54) is 4.90 Å². The van der Waals surface area contributed by atoms with E-state index in [1.807, 2.05) is 37.3 Å². The number of aliphatic hydroxyl groups is 2. The molecule has 0 radical (unpaired) electrons. The minimum Gasteiger partial charge on any atom is -0.396 e. The quantitative estimate of drug-likeness (QED) is 0.840. The molecule has 0 unspecified atom stereocenters. The fourth-order valence-corrected chi connectivity index (χ4v) is 2.40. The average molecular weight is 317 g/mol. The molecule has 2 rings (SSSR count). The van der Waals surface area contributed by atoms with Crippen LogP contribution in [0.15, 0.2) is 36.4 Å². The first kappa shape index (κ1) is 17.2. The van der Waals surface area contributed by atoms with Crippen LogP contribution in [-0.2, 0) is 0 Å². The highest BCUT2D eigenvalue weighted by Gasteiger charge is 2.28. The first-order valence-corrected chi connectivity index (χ1v) is 7.49. The number of para-hydroxylation sites is 1. The van der Waals surface area contributed by atoms with Crippen molar-refractivity contribution in [3.8, 4) is 5.69 Å². The number of benzene rings is 1. The van der Waals surface area contributed by atoms with Crippen molar-refractivity contribution in [2.75, 3.05) is 26.8 Å². The SMILES string of the molecule is Cc1cc(C(=O)N(C)CC(C)(CO)CO)nn1-c1ccccc1. The van der Waals surface area contributed by atoms with Gasteiger partial charge in [0.05, 0.1) is 18.9 Å². The summed E-state index contributed by atoms with van der Waals surface area (Å²) in [4.78, 5) is 14.0. The van der Waals surface area contributed by atoms with E-state index in [-0.39, 0.29) is 25.7 Å². The van der Waals surface area contributed by atoms with E-state index in [1.54, 1.807) is 24.7 Å². The van der Waals surface area contributed by atoms with Crippen LogP contribution in [0.25, 0.3) is 5.69 Å². The van der Waals surface area contributed by atoms with Gasteiger partial charge in [-0.2, -0.15) is 5.10 Å². The highest BCUT2D eigenvalue weighted by Crippen LogP contribution is 2.18. The molecule has 0 atom stereocenters. The molecule has 2 aromatic rings. The number of amides is 1. The van der Waals surface area contributed by atoms with Crippen LogP contribution in [0.5, 0.6) is 0 Å². The van der Waals surface area contributed by atoms with Gasteiger partial charge in [-0.25, -0.2) is 4.68 Å². The zero-order valence-corrected chi connectivity index (χ0v) is 13.7. The fraction of sp³-hybridized carbons (Fsp3) is 0.412. The third-order valence-electron chi connectivity index (χ3n) is 3.84. The van der Waals surface area contributed by atoms with Crippen molar-refractivity contribution in [3.63, 3.8) is 0 Å². The summed E-state index contributed by atoms with van der Waals surface area (Å²) in [7, 11) is 1.64. The van der Waals surface area contributed by atoms with Gasteiger partial charge in [0, 0.05) is 24.7 Å². The highest BCUT2D eigenvalue weighted by molar-refractivity contribution is 5.92. The molecule has 0 aliphatic carbocycles. The maximum absolute atomic E-state index is 12.5. The topological polar surface area (TPSA) is 78.6 Å². The van der Waals surface area contributed by atoms with Gasteiger partial charge in [-0.05, 0) is 25.1 Å². The summed E-state index contributed by atoms with van der Waals surface area (Å²) in [5.41, 5.74) is 1.36. The zero-order valence-electron chi connectivity index (χ0n) is 13.7. The summed E-state index contributed by atoms with van der Waals surface area (Å²) in [6.07, 6.45) is 0. The molecular formula is C17H23N3O3. The lowest BCUT2D eigenvalue weighted by molar-refractivity contribution is 0.0363. The second kappa shape index (κ2) is 6.93. The molecule has 6 heteroatoms. The van der Waals surface area contributed by atoms with Crippen molar-refractivity contribution in [3.05, 3.63) is 47.8 Å². The lowest BCUT2D eigenvalue weighted by Gasteiger charge is -2.29. The molecule has 0 aliphatic rings. The smallest absolute Gasteiger partial charge is 0.274 e. The number of hydrogen-bond acceptors (Lipinski definition) is 4. The Morgan fingerprint density at radius 1 is 1.26 bits per heavy atom. The zero-order chi connectivity index (χ0) is 17.0. The first-order chi connectivity index (χ1) is 10.9. The molecule has 1 heterocycles.